The maximum atomic E-state index is 12.6. The van der Waals surface area contributed by atoms with E-state index in [1.807, 2.05) is 38.1 Å². The van der Waals surface area contributed by atoms with Gasteiger partial charge in [0.15, 0.2) is 0 Å². The third-order valence-corrected chi connectivity index (χ3v) is 4.63. The summed E-state index contributed by atoms with van der Waals surface area (Å²) in [5, 5.41) is 16.2. The second kappa shape index (κ2) is 6.57. The summed E-state index contributed by atoms with van der Waals surface area (Å²) in [6.45, 7) is 3.00. The van der Waals surface area contributed by atoms with Crippen LogP contribution in [0.2, 0.25) is 0 Å². The van der Waals surface area contributed by atoms with Crippen molar-refractivity contribution in [1.29, 1.82) is 0 Å². The molecule has 0 aliphatic carbocycles. The van der Waals surface area contributed by atoms with E-state index in [0.717, 1.165) is 5.39 Å². The van der Waals surface area contributed by atoms with Gasteiger partial charge in [-0.05, 0) is 33.5 Å². The quantitative estimate of drug-likeness (QED) is 0.859. The Morgan fingerprint density at radius 3 is 2.68 bits per heavy atom. The molecule has 2 heterocycles. The molecule has 25 heavy (non-hydrogen) atoms. The van der Waals surface area contributed by atoms with E-state index >= 15 is 0 Å². The predicted octanol–water partition coefficient (Wildman–Crippen LogP) is 0.230. The smallest absolute Gasteiger partial charge is 0.275 e. The van der Waals surface area contributed by atoms with E-state index in [1.165, 1.54) is 4.68 Å². The molecule has 0 saturated carbocycles. The molecular weight excluding hydrogens is 320 g/mol. The van der Waals surface area contributed by atoms with Gasteiger partial charge >= 0.3 is 0 Å². The van der Waals surface area contributed by atoms with Crippen molar-refractivity contribution in [3.05, 3.63) is 40.3 Å². The molecule has 0 radical (unpaired) electrons. The molecule has 1 fully saturated rings. The molecule has 1 N–H and O–H groups in total. The van der Waals surface area contributed by atoms with Crippen molar-refractivity contribution in [2.75, 3.05) is 33.7 Å². The zero-order chi connectivity index (χ0) is 18.2. The van der Waals surface area contributed by atoms with Crippen LogP contribution in [0.25, 0.3) is 10.8 Å². The molecule has 134 valence electrons. The van der Waals surface area contributed by atoms with Crippen LogP contribution in [-0.2, 0) is 11.3 Å². The van der Waals surface area contributed by atoms with Gasteiger partial charge in [-0.2, -0.15) is 5.10 Å². The fraction of sp³-hybridized carbons (Fsp3) is 0.500. The van der Waals surface area contributed by atoms with Crippen LogP contribution in [0.15, 0.2) is 29.1 Å². The first kappa shape index (κ1) is 17.6. The second-order valence-electron chi connectivity index (χ2n) is 7.12. The Bertz CT molecular complexity index is 861. The molecule has 2 aromatic rings. The number of hydrogen-bond acceptors (Lipinski definition) is 5. The van der Waals surface area contributed by atoms with Crippen LogP contribution in [0, 0.1) is 6.92 Å². The molecule has 1 aliphatic rings. The van der Waals surface area contributed by atoms with Gasteiger partial charge in [-0.25, -0.2) is 4.68 Å². The van der Waals surface area contributed by atoms with E-state index < -0.39 is 5.60 Å². The van der Waals surface area contributed by atoms with Crippen molar-refractivity contribution >= 4 is 16.7 Å². The molecule has 1 aliphatic heterocycles. The van der Waals surface area contributed by atoms with Gasteiger partial charge in [0, 0.05) is 18.5 Å². The molecule has 1 saturated heterocycles. The van der Waals surface area contributed by atoms with Gasteiger partial charge in [0.05, 0.1) is 23.2 Å². The Hall–Kier alpha value is -2.25. The summed E-state index contributed by atoms with van der Waals surface area (Å²) in [5.74, 6) is -0.195. The lowest BCUT2D eigenvalue weighted by molar-refractivity contribution is -0.132. The highest BCUT2D eigenvalue weighted by Gasteiger charge is 2.38. The summed E-state index contributed by atoms with van der Waals surface area (Å²) in [6, 6.07) is 7.27. The van der Waals surface area contributed by atoms with Crippen molar-refractivity contribution in [3.63, 3.8) is 0 Å². The van der Waals surface area contributed by atoms with Crippen molar-refractivity contribution in [1.82, 2.24) is 19.6 Å². The molecule has 0 spiro atoms. The summed E-state index contributed by atoms with van der Waals surface area (Å²) in [7, 11) is 3.79. The standard InChI is InChI=1S/C18H24N4O3/c1-13-14-6-4-5-7-15(14)17(24)22(19-13)10-16(23)21-9-8-18(25,12-21)11-20(2)3/h4-7,25H,8-12H2,1-3H3/t18-/m0/s1. The van der Waals surface area contributed by atoms with Gasteiger partial charge in [-0.3, -0.25) is 9.59 Å². The largest absolute Gasteiger partial charge is 0.387 e. The molecule has 1 aromatic carbocycles. The molecule has 7 nitrogen and oxygen atoms in total. The molecular formula is C18H24N4O3. The van der Waals surface area contributed by atoms with Gasteiger partial charge in [0.2, 0.25) is 5.91 Å². The van der Waals surface area contributed by atoms with E-state index in [-0.39, 0.29) is 24.6 Å². The van der Waals surface area contributed by atoms with E-state index in [1.54, 1.807) is 17.0 Å². The minimum atomic E-state index is -0.892. The van der Waals surface area contributed by atoms with Gasteiger partial charge < -0.3 is 14.9 Å². The lowest BCUT2D eigenvalue weighted by atomic mass is 10.0. The Labute approximate surface area is 146 Å². The highest BCUT2D eigenvalue weighted by molar-refractivity contribution is 5.83. The Morgan fingerprint density at radius 2 is 2.00 bits per heavy atom. The van der Waals surface area contributed by atoms with E-state index in [4.69, 9.17) is 0 Å². The molecule has 1 amide bonds. The van der Waals surface area contributed by atoms with Crippen LogP contribution < -0.4 is 5.56 Å². The van der Waals surface area contributed by atoms with Gasteiger partial charge in [-0.15, -0.1) is 0 Å². The van der Waals surface area contributed by atoms with Gasteiger partial charge in [-0.1, -0.05) is 18.2 Å². The van der Waals surface area contributed by atoms with E-state index in [2.05, 4.69) is 5.10 Å². The number of rotatable bonds is 4. The number of hydrogen-bond donors (Lipinski definition) is 1. The monoisotopic (exact) mass is 344 g/mol. The number of nitrogens with zero attached hydrogens (tertiary/aromatic N) is 4. The number of aryl methyl sites for hydroxylation is 1. The van der Waals surface area contributed by atoms with Crippen LogP contribution in [-0.4, -0.2) is 69.9 Å². The van der Waals surface area contributed by atoms with Crippen LogP contribution in [0.5, 0.6) is 0 Å². The number of aliphatic hydroxyl groups is 1. The fourth-order valence-corrected chi connectivity index (χ4v) is 3.53. The summed E-state index contributed by atoms with van der Waals surface area (Å²) in [6.07, 6.45) is 0.538. The maximum absolute atomic E-state index is 12.6. The normalized spacial score (nSPS) is 20.6. The first-order valence-electron chi connectivity index (χ1n) is 8.40. The Morgan fingerprint density at radius 1 is 1.32 bits per heavy atom. The average Bonchev–Trinajstić information content (AvgIpc) is 2.93. The number of aromatic nitrogens is 2. The molecule has 7 heteroatoms. The molecule has 0 bridgehead atoms. The fourth-order valence-electron chi connectivity index (χ4n) is 3.53. The number of likely N-dealkylation sites (tertiary alicyclic amines) is 1. The first-order valence-corrected chi connectivity index (χ1v) is 8.40. The molecule has 0 unspecified atom stereocenters. The van der Waals surface area contributed by atoms with Crippen molar-refractivity contribution in [2.45, 2.75) is 25.5 Å². The number of likely N-dealkylation sites (N-methyl/N-ethyl adjacent to an activating group) is 1. The van der Waals surface area contributed by atoms with Gasteiger partial charge in [0.1, 0.15) is 6.54 Å². The average molecular weight is 344 g/mol. The van der Waals surface area contributed by atoms with Gasteiger partial charge in [0.25, 0.3) is 5.56 Å². The Balaban J connectivity index is 1.79. The molecule has 1 atom stereocenters. The molecule has 1 aromatic heterocycles. The Kier molecular flexibility index (Phi) is 4.62. The lowest BCUT2D eigenvalue weighted by Crippen LogP contribution is -2.44. The SMILES string of the molecule is Cc1nn(CC(=O)N2CC[C@](O)(CN(C)C)C2)c(=O)c2ccccc12. The van der Waals surface area contributed by atoms with E-state index in [0.29, 0.717) is 30.6 Å². The minimum Gasteiger partial charge on any atom is -0.387 e. The maximum Gasteiger partial charge on any atom is 0.275 e. The molecule has 3 rings (SSSR count). The predicted molar refractivity (Wildman–Crippen MR) is 95.4 cm³/mol. The summed E-state index contributed by atoms with van der Waals surface area (Å²) >= 11 is 0. The highest BCUT2D eigenvalue weighted by Crippen LogP contribution is 2.22. The summed E-state index contributed by atoms with van der Waals surface area (Å²) in [5.41, 5.74) is -0.442. The number of β-amino-alcohol motifs (C(OH)–C–C–N with tert-alkyl or cyclic N) is 1. The lowest BCUT2D eigenvalue weighted by Gasteiger charge is -2.26. The number of carbonyl (C=O) groups is 1. The minimum absolute atomic E-state index is 0.109. The summed E-state index contributed by atoms with van der Waals surface area (Å²) < 4.78 is 1.23. The number of benzene rings is 1. The van der Waals surface area contributed by atoms with Crippen molar-refractivity contribution in [3.8, 4) is 0 Å². The third kappa shape index (κ3) is 3.57. The third-order valence-electron chi connectivity index (χ3n) is 4.63. The number of fused-ring (bicyclic) bond motifs is 1. The van der Waals surface area contributed by atoms with E-state index in [9.17, 15) is 14.7 Å². The van der Waals surface area contributed by atoms with Crippen LogP contribution in [0.3, 0.4) is 0 Å². The summed E-state index contributed by atoms with van der Waals surface area (Å²) in [4.78, 5) is 28.7. The topological polar surface area (TPSA) is 78.7 Å². The van der Waals surface area contributed by atoms with Crippen LogP contribution in [0.1, 0.15) is 12.1 Å². The van der Waals surface area contributed by atoms with Crippen molar-refractivity contribution < 1.29 is 9.90 Å². The van der Waals surface area contributed by atoms with Crippen molar-refractivity contribution in [2.24, 2.45) is 0 Å². The zero-order valence-electron chi connectivity index (χ0n) is 14.9. The zero-order valence-corrected chi connectivity index (χ0v) is 14.9. The number of amides is 1. The second-order valence-corrected chi connectivity index (χ2v) is 7.12. The highest BCUT2D eigenvalue weighted by atomic mass is 16.3. The van der Waals surface area contributed by atoms with Crippen LogP contribution in [0.4, 0.5) is 0 Å². The van der Waals surface area contributed by atoms with Crippen LogP contribution >= 0.6 is 0 Å². The number of carbonyl (C=O) groups excluding carboxylic acids is 1. The first-order chi connectivity index (χ1) is 11.8.